The third-order valence-corrected chi connectivity index (χ3v) is 3.11. The molecule has 0 atom stereocenters. The fourth-order valence-corrected chi connectivity index (χ4v) is 1.93. The molecule has 0 aliphatic heterocycles. The smallest absolute Gasteiger partial charge is 0.151 e. The van der Waals surface area contributed by atoms with Gasteiger partial charge in [0, 0.05) is 17.2 Å². The van der Waals surface area contributed by atoms with Gasteiger partial charge in [0.2, 0.25) is 0 Å². The second-order valence-corrected chi connectivity index (χ2v) is 4.39. The zero-order valence-corrected chi connectivity index (χ0v) is 12.7. The highest BCUT2D eigenvalue weighted by atomic mass is 16.5. The number of hydrogen-bond acceptors (Lipinski definition) is 4. The Morgan fingerprint density at radius 2 is 1.55 bits per heavy atom. The van der Waals surface area contributed by atoms with Gasteiger partial charge in [0.15, 0.2) is 6.29 Å². The topological polar surface area (TPSA) is 44.8 Å². The molecular weight excluding hydrogens is 280 g/mol. The van der Waals surface area contributed by atoms with Crippen molar-refractivity contribution in [3.63, 3.8) is 0 Å². The van der Waals surface area contributed by atoms with Gasteiger partial charge >= 0.3 is 0 Å². The summed E-state index contributed by atoms with van der Waals surface area (Å²) in [5.74, 6) is 7.82. The summed E-state index contributed by atoms with van der Waals surface area (Å²) in [7, 11) is 4.67. The molecule has 0 bridgehead atoms. The van der Waals surface area contributed by atoms with Crippen molar-refractivity contribution < 1.29 is 19.0 Å². The quantitative estimate of drug-likeness (QED) is 0.643. The zero-order valence-electron chi connectivity index (χ0n) is 12.7. The first-order valence-electron chi connectivity index (χ1n) is 6.59. The number of hydrogen-bond donors (Lipinski definition) is 0. The minimum Gasteiger partial charge on any atom is -0.497 e. The molecule has 4 heteroatoms. The van der Waals surface area contributed by atoms with Crippen LogP contribution in [0.15, 0.2) is 36.4 Å². The largest absolute Gasteiger partial charge is 0.497 e. The summed E-state index contributed by atoms with van der Waals surface area (Å²) in [5, 5.41) is 0. The van der Waals surface area contributed by atoms with E-state index in [1.54, 1.807) is 19.2 Å². The van der Waals surface area contributed by atoms with Crippen LogP contribution in [0.2, 0.25) is 0 Å². The number of carbonyl (C=O) groups excluding carboxylic acids is 1. The average Bonchev–Trinajstić information content (AvgIpc) is 2.59. The first kappa shape index (κ1) is 15.5. The van der Waals surface area contributed by atoms with Crippen LogP contribution in [0.5, 0.6) is 17.2 Å². The lowest BCUT2D eigenvalue weighted by Gasteiger charge is -2.08. The summed E-state index contributed by atoms with van der Waals surface area (Å²) >= 11 is 0. The van der Waals surface area contributed by atoms with Crippen LogP contribution in [0.25, 0.3) is 0 Å². The standard InChI is InChI=1S/C18H16O4/c1-20-15-7-4-13(5-8-15)6-9-17-14(12-19)10-16(21-2)11-18(17)22-3/h4-5,7-8,10-12H,1-3H3. The molecule has 0 fully saturated rings. The Morgan fingerprint density at radius 3 is 2.09 bits per heavy atom. The van der Waals surface area contributed by atoms with Crippen LogP contribution >= 0.6 is 0 Å². The molecule has 0 aromatic heterocycles. The predicted molar refractivity (Wildman–Crippen MR) is 83.9 cm³/mol. The van der Waals surface area contributed by atoms with Gasteiger partial charge in [-0.3, -0.25) is 4.79 Å². The van der Waals surface area contributed by atoms with E-state index in [0.717, 1.165) is 17.6 Å². The fourth-order valence-electron chi connectivity index (χ4n) is 1.93. The molecule has 2 rings (SSSR count). The Kier molecular flexibility index (Phi) is 5.05. The Bertz CT molecular complexity index is 721. The van der Waals surface area contributed by atoms with Crippen molar-refractivity contribution in [2.75, 3.05) is 21.3 Å². The van der Waals surface area contributed by atoms with E-state index in [1.807, 2.05) is 24.3 Å². The molecule has 0 saturated carbocycles. The summed E-state index contributed by atoms with van der Waals surface area (Å²) in [6, 6.07) is 10.7. The van der Waals surface area contributed by atoms with Gasteiger partial charge in [-0.1, -0.05) is 11.8 Å². The first-order valence-corrected chi connectivity index (χ1v) is 6.59. The minimum atomic E-state index is 0.428. The maximum Gasteiger partial charge on any atom is 0.151 e. The van der Waals surface area contributed by atoms with Crippen LogP contribution in [-0.2, 0) is 0 Å². The number of aldehydes is 1. The summed E-state index contributed by atoms with van der Waals surface area (Å²) in [6.45, 7) is 0. The molecule has 2 aromatic carbocycles. The maximum absolute atomic E-state index is 11.3. The lowest BCUT2D eigenvalue weighted by atomic mass is 10.1. The van der Waals surface area contributed by atoms with E-state index in [4.69, 9.17) is 14.2 Å². The normalized spacial score (nSPS) is 9.41. The molecule has 22 heavy (non-hydrogen) atoms. The molecule has 0 N–H and O–H groups in total. The van der Waals surface area contributed by atoms with E-state index in [-0.39, 0.29) is 0 Å². The Morgan fingerprint density at radius 1 is 0.864 bits per heavy atom. The Hall–Kier alpha value is -2.93. The predicted octanol–water partition coefficient (Wildman–Crippen LogP) is 2.92. The third-order valence-electron chi connectivity index (χ3n) is 3.11. The molecule has 112 valence electrons. The van der Waals surface area contributed by atoms with Crippen LogP contribution in [0.1, 0.15) is 21.5 Å². The van der Waals surface area contributed by atoms with Crippen LogP contribution in [0.3, 0.4) is 0 Å². The molecule has 0 spiro atoms. The van der Waals surface area contributed by atoms with E-state index in [0.29, 0.717) is 22.6 Å². The van der Waals surface area contributed by atoms with E-state index in [2.05, 4.69) is 11.8 Å². The van der Waals surface area contributed by atoms with Gasteiger partial charge in [-0.15, -0.1) is 0 Å². The number of ether oxygens (including phenoxy) is 3. The van der Waals surface area contributed by atoms with Crippen molar-refractivity contribution in [1.82, 2.24) is 0 Å². The molecular formula is C18H16O4. The Balaban J connectivity index is 2.44. The van der Waals surface area contributed by atoms with Crippen LogP contribution in [0, 0.1) is 11.8 Å². The molecule has 0 saturated heterocycles. The van der Waals surface area contributed by atoms with Crippen molar-refractivity contribution in [2.24, 2.45) is 0 Å². The van der Waals surface area contributed by atoms with Crippen LogP contribution < -0.4 is 14.2 Å². The Labute approximate surface area is 129 Å². The third kappa shape index (κ3) is 3.39. The number of benzene rings is 2. The lowest BCUT2D eigenvalue weighted by Crippen LogP contribution is -1.96. The second-order valence-electron chi connectivity index (χ2n) is 4.39. The zero-order chi connectivity index (χ0) is 15.9. The van der Waals surface area contributed by atoms with Gasteiger partial charge in [-0.25, -0.2) is 0 Å². The van der Waals surface area contributed by atoms with E-state index >= 15 is 0 Å². The number of rotatable bonds is 4. The highest BCUT2D eigenvalue weighted by Crippen LogP contribution is 2.27. The fraction of sp³-hybridized carbons (Fsp3) is 0.167. The van der Waals surface area contributed by atoms with Crippen LogP contribution in [0.4, 0.5) is 0 Å². The highest BCUT2D eigenvalue weighted by molar-refractivity contribution is 5.82. The van der Waals surface area contributed by atoms with Gasteiger partial charge in [0.05, 0.1) is 26.9 Å². The minimum absolute atomic E-state index is 0.428. The molecule has 0 unspecified atom stereocenters. The molecule has 2 aromatic rings. The summed E-state index contributed by atoms with van der Waals surface area (Å²) in [4.78, 5) is 11.3. The summed E-state index contributed by atoms with van der Waals surface area (Å²) in [6.07, 6.45) is 0.739. The van der Waals surface area contributed by atoms with Crippen molar-refractivity contribution in [1.29, 1.82) is 0 Å². The summed E-state index contributed by atoms with van der Waals surface area (Å²) in [5.41, 5.74) is 1.78. The molecule has 0 aliphatic carbocycles. The van der Waals surface area contributed by atoms with E-state index in [9.17, 15) is 4.79 Å². The summed E-state index contributed by atoms with van der Waals surface area (Å²) < 4.78 is 15.5. The van der Waals surface area contributed by atoms with E-state index < -0.39 is 0 Å². The highest BCUT2D eigenvalue weighted by Gasteiger charge is 2.10. The van der Waals surface area contributed by atoms with Gasteiger partial charge in [-0.2, -0.15) is 0 Å². The van der Waals surface area contributed by atoms with Gasteiger partial charge < -0.3 is 14.2 Å². The van der Waals surface area contributed by atoms with E-state index in [1.165, 1.54) is 14.2 Å². The van der Waals surface area contributed by atoms with Gasteiger partial charge in [0.25, 0.3) is 0 Å². The monoisotopic (exact) mass is 296 g/mol. The van der Waals surface area contributed by atoms with Crippen molar-refractivity contribution in [2.45, 2.75) is 0 Å². The second kappa shape index (κ2) is 7.19. The molecule has 0 amide bonds. The molecule has 0 radical (unpaired) electrons. The number of carbonyl (C=O) groups is 1. The van der Waals surface area contributed by atoms with Gasteiger partial charge in [0.1, 0.15) is 17.2 Å². The van der Waals surface area contributed by atoms with Crippen molar-refractivity contribution in [3.05, 3.63) is 53.1 Å². The van der Waals surface area contributed by atoms with Crippen molar-refractivity contribution >= 4 is 6.29 Å². The lowest BCUT2D eigenvalue weighted by molar-refractivity contribution is 0.112. The molecule has 0 aliphatic rings. The maximum atomic E-state index is 11.3. The van der Waals surface area contributed by atoms with Gasteiger partial charge in [-0.05, 0) is 30.3 Å². The average molecular weight is 296 g/mol. The first-order chi connectivity index (χ1) is 10.7. The molecule has 0 heterocycles. The number of methoxy groups -OCH3 is 3. The SMILES string of the molecule is COc1ccc(C#Cc2c(C=O)cc(OC)cc2OC)cc1. The molecule has 4 nitrogen and oxygen atoms in total. The van der Waals surface area contributed by atoms with Crippen LogP contribution in [-0.4, -0.2) is 27.6 Å². The van der Waals surface area contributed by atoms with Crippen molar-refractivity contribution in [3.8, 4) is 29.1 Å².